The lowest BCUT2D eigenvalue weighted by Gasteiger charge is -2.08. The molecular formula is C12H13NO3S. The Kier molecular flexibility index (Phi) is 3.95. The van der Waals surface area contributed by atoms with E-state index in [0.717, 1.165) is 0 Å². The van der Waals surface area contributed by atoms with Gasteiger partial charge >= 0.3 is 0 Å². The highest BCUT2D eigenvalue weighted by atomic mass is 32.1. The molecule has 0 aliphatic rings. The summed E-state index contributed by atoms with van der Waals surface area (Å²) in [6, 6.07) is 5.21. The van der Waals surface area contributed by atoms with Gasteiger partial charge in [-0.05, 0) is 30.0 Å². The van der Waals surface area contributed by atoms with Crippen molar-refractivity contribution in [3.63, 3.8) is 0 Å². The first-order chi connectivity index (χ1) is 8.27. The van der Waals surface area contributed by atoms with Gasteiger partial charge in [0.1, 0.15) is 11.9 Å². The second-order valence-corrected chi connectivity index (χ2v) is 4.37. The number of thiophene rings is 1. The molecule has 0 aromatic carbocycles. The SMILES string of the molecule is O=C(NCC[C@H](O)c1ccco1)c1ccsc1. The summed E-state index contributed by atoms with van der Waals surface area (Å²) in [5.74, 6) is 0.410. The number of furan rings is 1. The van der Waals surface area contributed by atoms with Crippen LogP contribution in [-0.2, 0) is 0 Å². The average Bonchev–Trinajstić information content (AvgIpc) is 3.02. The van der Waals surface area contributed by atoms with E-state index in [2.05, 4.69) is 5.32 Å². The zero-order valence-electron chi connectivity index (χ0n) is 9.13. The molecule has 17 heavy (non-hydrogen) atoms. The average molecular weight is 251 g/mol. The molecule has 0 aliphatic heterocycles. The first-order valence-electron chi connectivity index (χ1n) is 5.29. The van der Waals surface area contributed by atoms with Crippen LogP contribution in [0.25, 0.3) is 0 Å². The minimum absolute atomic E-state index is 0.113. The summed E-state index contributed by atoms with van der Waals surface area (Å²) in [6.45, 7) is 0.413. The first kappa shape index (κ1) is 11.9. The van der Waals surface area contributed by atoms with E-state index in [0.29, 0.717) is 24.3 Å². The van der Waals surface area contributed by atoms with E-state index in [4.69, 9.17) is 4.42 Å². The number of carbonyl (C=O) groups is 1. The van der Waals surface area contributed by atoms with Crippen molar-refractivity contribution in [1.82, 2.24) is 5.32 Å². The van der Waals surface area contributed by atoms with Crippen LogP contribution in [0.3, 0.4) is 0 Å². The van der Waals surface area contributed by atoms with Gasteiger partial charge in [0.2, 0.25) is 0 Å². The molecule has 2 aromatic rings. The van der Waals surface area contributed by atoms with Gasteiger partial charge in [0.15, 0.2) is 0 Å². The highest BCUT2D eigenvalue weighted by Crippen LogP contribution is 2.15. The lowest BCUT2D eigenvalue weighted by Crippen LogP contribution is -2.25. The monoisotopic (exact) mass is 251 g/mol. The van der Waals surface area contributed by atoms with Crippen molar-refractivity contribution in [3.05, 3.63) is 46.5 Å². The minimum atomic E-state index is -0.673. The maximum Gasteiger partial charge on any atom is 0.252 e. The molecule has 2 aromatic heterocycles. The zero-order chi connectivity index (χ0) is 12.1. The van der Waals surface area contributed by atoms with E-state index in [9.17, 15) is 9.90 Å². The number of carbonyl (C=O) groups excluding carboxylic acids is 1. The minimum Gasteiger partial charge on any atom is -0.467 e. The van der Waals surface area contributed by atoms with Gasteiger partial charge in [-0.1, -0.05) is 0 Å². The van der Waals surface area contributed by atoms with Crippen molar-refractivity contribution < 1.29 is 14.3 Å². The van der Waals surface area contributed by atoms with E-state index in [-0.39, 0.29) is 5.91 Å². The summed E-state index contributed by atoms with van der Waals surface area (Å²) in [5.41, 5.74) is 0.655. The normalized spacial score (nSPS) is 12.3. The van der Waals surface area contributed by atoms with Crippen molar-refractivity contribution in [2.24, 2.45) is 0 Å². The number of amides is 1. The van der Waals surface area contributed by atoms with Gasteiger partial charge in [0, 0.05) is 17.5 Å². The van der Waals surface area contributed by atoms with Crippen molar-refractivity contribution in [2.75, 3.05) is 6.54 Å². The van der Waals surface area contributed by atoms with Crippen LogP contribution >= 0.6 is 11.3 Å². The Morgan fingerprint density at radius 2 is 2.41 bits per heavy atom. The Morgan fingerprint density at radius 1 is 1.53 bits per heavy atom. The van der Waals surface area contributed by atoms with Gasteiger partial charge in [-0.2, -0.15) is 11.3 Å². The first-order valence-corrected chi connectivity index (χ1v) is 6.23. The molecule has 0 radical (unpaired) electrons. The summed E-state index contributed by atoms with van der Waals surface area (Å²) in [7, 11) is 0. The van der Waals surface area contributed by atoms with E-state index < -0.39 is 6.10 Å². The molecule has 1 atom stereocenters. The summed E-state index contributed by atoms with van der Waals surface area (Å²) in [5, 5.41) is 16.1. The van der Waals surface area contributed by atoms with E-state index in [1.165, 1.54) is 17.6 Å². The van der Waals surface area contributed by atoms with Crippen molar-refractivity contribution in [2.45, 2.75) is 12.5 Å². The third-order valence-electron chi connectivity index (χ3n) is 2.36. The van der Waals surface area contributed by atoms with E-state index >= 15 is 0 Å². The second-order valence-electron chi connectivity index (χ2n) is 3.59. The van der Waals surface area contributed by atoms with Crippen LogP contribution in [0.5, 0.6) is 0 Å². The quantitative estimate of drug-likeness (QED) is 0.856. The Hall–Kier alpha value is -1.59. The molecular weight excluding hydrogens is 238 g/mol. The fourth-order valence-electron chi connectivity index (χ4n) is 1.44. The smallest absolute Gasteiger partial charge is 0.252 e. The molecule has 0 saturated heterocycles. The third-order valence-corrected chi connectivity index (χ3v) is 3.04. The lowest BCUT2D eigenvalue weighted by molar-refractivity contribution is 0.0936. The van der Waals surface area contributed by atoms with E-state index in [1.54, 1.807) is 23.6 Å². The third kappa shape index (κ3) is 3.18. The number of nitrogens with one attached hydrogen (secondary N) is 1. The Morgan fingerprint density at radius 3 is 3.06 bits per heavy atom. The molecule has 1 amide bonds. The van der Waals surface area contributed by atoms with Gasteiger partial charge < -0.3 is 14.8 Å². The summed E-state index contributed by atoms with van der Waals surface area (Å²) in [6.07, 6.45) is 1.28. The van der Waals surface area contributed by atoms with Gasteiger partial charge in [0.05, 0.1) is 6.26 Å². The van der Waals surface area contributed by atoms with Gasteiger partial charge in [-0.3, -0.25) is 4.79 Å². The predicted octanol–water partition coefficient (Wildman–Crippen LogP) is 2.19. The molecule has 2 N–H and O–H groups in total. The van der Waals surface area contributed by atoms with E-state index in [1.807, 2.05) is 5.38 Å². The molecule has 2 heterocycles. The van der Waals surface area contributed by atoms with Crippen LogP contribution in [0.15, 0.2) is 39.6 Å². The van der Waals surface area contributed by atoms with Crippen LogP contribution in [0.2, 0.25) is 0 Å². The van der Waals surface area contributed by atoms with Gasteiger partial charge in [-0.15, -0.1) is 0 Å². The summed E-state index contributed by atoms with van der Waals surface area (Å²) >= 11 is 1.48. The molecule has 0 bridgehead atoms. The fraction of sp³-hybridized carbons (Fsp3) is 0.250. The molecule has 0 unspecified atom stereocenters. The Bertz CT molecular complexity index is 450. The number of hydrogen-bond acceptors (Lipinski definition) is 4. The van der Waals surface area contributed by atoms with Crippen LogP contribution in [0.1, 0.15) is 28.6 Å². The Balaban J connectivity index is 1.75. The number of hydrogen-bond donors (Lipinski definition) is 2. The molecule has 0 spiro atoms. The van der Waals surface area contributed by atoms with Crippen molar-refractivity contribution in [3.8, 4) is 0 Å². The maximum absolute atomic E-state index is 11.6. The highest BCUT2D eigenvalue weighted by molar-refractivity contribution is 7.08. The lowest BCUT2D eigenvalue weighted by atomic mass is 10.2. The van der Waals surface area contributed by atoms with Gasteiger partial charge in [-0.25, -0.2) is 0 Å². The van der Waals surface area contributed by atoms with Crippen molar-refractivity contribution in [1.29, 1.82) is 0 Å². The largest absolute Gasteiger partial charge is 0.467 e. The molecule has 0 fully saturated rings. The maximum atomic E-state index is 11.6. The summed E-state index contributed by atoms with van der Waals surface area (Å²) < 4.78 is 5.06. The van der Waals surface area contributed by atoms with Crippen LogP contribution in [-0.4, -0.2) is 17.6 Å². The number of aliphatic hydroxyl groups excluding tert-OH is 1. The highest BCUT2D eigenvalue weighted by Gasteiger charge is 2.11. The van der Waals surface area contributed by atoms with Crippen LogP contribution in [0.4, 0.5) is 0 Å². The van der Waals surface area contributed by atoms with Crippen LogP contribution in [0, 0.1) is 0 Å². The molecule has 2 rings (SSSR count). The zero-order valence-corrected chi connectivity index (χ0v) is 9.94. The topological polar surface area (TPSA) is 62.5 Å². The second kappa shape index (κ2) is 5.65. The van der Waals surface area contributed by atoms with Crippen LogP contribution < -0.4 is 5.32 Å². The molecule has 4 nitrogen and oxygen atoms in total. The standard InChI is InChI=1S/C12H13NO3S/c14-10(11-2-1-6-16-11)3-5-13-12(15)9-4-7-17-8-9/h1-2,4,6-8,10,14H,3,5H2,(H,13,15)/t10-/m0/s1. The molecule has 0 aliphatic carbocycles. The Labute approximate surface area is 103 Å². The molecule has 5 heteroatoms. The van der Waals surface area contributed by atoms with Gasteiger partial charge in [0.25, 0.3) is 5.91 Å². The summed E-state index contributed by atoms with van der Waals surface area (Å²) in [4.78, 5) is 11.6. The molecule has 90 valence electrons. The molecule has 0 saturated carbocycles. The number of aliphatic hydroxyl groups is 1. The number of rotatable bonds is 5. The fourth-order valence-corrected chi connectivity index (χ4v) is 2.08. The van der Waals surface area contributed by atoms with Crippen molar-refractivity contribution >= 4 is 17.2 Å². The predicted molar refractivity (Wildman–Crippen MR) is 64.9 cm³/mol.